The van der Waals surface area contributed by atoms with Gasteiger partial charge in [0.05, 0.1) is 6.54 Å². The Morgan fingerprint density at radius 3 is 2.76 bits per heavy atom. The molecule has 7 heteroatoms. The van der Waals surface area contributed by atoms with Crippen LogP contribution in [0.15, 0.2) is 30.9 Å². The van der Waals surface area contributed by atoms with Crippen molar-refractivity contribution in [3.63, 3.8) is 0 Å². The van der Waals surface area contributed by atoms with E-state index in [1.807, 2.05) is 0 Å². The highest BCUT2D eigenvalue weighted by molar-refractivity contribution is 6.35. The Morgan fingerprint density at radius 1 is 1.41 bits per heavy atom. The van der Waals surface area contributed by atoms with E-state index in [1.54, 1.807) is 12.1 Å². The van der Waals surface area contributed by atoms with Crippen LogP contribution < -0.4 is 5.73 Å². The van der Waals surface area contributed by atoms with Gasteiger partial charge >= 0.3 is 0 Å². The predicted molar refractivity (Wildman–Crippen MR) is 64.6 cm³/mol. The second-order valence-corrected chi connectivity index (χ2v) is 4.49. The first-order chi connectivity index (χ1) is 7.99. The maximum Gasteiger partial charge on any atom is 0.160 e. The standard InChI is InChI=1S/C10H10Cl2N4O/c11-7-1-2-8(9(12)3-7)10(13,17)4-16-6-14-5-15-16/h1-3,5-6,17H,4,13H2. The van der Waals surface area contributed by atoms with E-state index in [0.717, 1.165) is 0 Å². The summed E-state index contributed by atoms with van der Waals surface area (Å²) in [7, 11) is 0. The summed E-state index contributed by atoms with van der Waals surface area (Å²) >= 11 is 11.8. The summed E-state index contributed by atoms with van der Waals surface area (Å²) in [6.07, 6.45) is 2.82. The highest BCUT2D eigenvalue weighted by Gasteiger charge is 2.27. The summed E-state index contributed by atoms with van der Waals surface area (Å²) < 4.78 is 1.42. The molecule has 0 aliphatic heterocycles. The van der Waals surface area contributed by atoms with Gasteiger partial charge in [0.2, 0.25) is 0 Å². The average Bonchev–Trinajstić information content (AvgIpc) is 2.68. The summed E-state index contributed by atoms with van der Waals surface area (Å²) in [6.45, 7) is 0.0500. The summed E-state index contributed by atoms with van der Waals surface area (Å²) in [4.78, 5) is 3.77. The Morgan fingerprint density at radius 2 is 2.18 bits per heavy atom. The van der Waals surface area contributed by atoms with Crippen molar-refractivity contribution in [2.45, 2.75) is 12.3 Å². The first kappa shape index (κ1) is 12.3. The molecule has 0 fully saturated rings. The van der Waals surface area contributed by atoms with Gasteiger partial charge in [-0.1, -0.05) is 29.3 Å². The zero-order chi connectivity index (χ0) is 12.5. The molecule has 0 radical (unpaired) electrons. The van der Waals surface area contributed by atoms with E-state index in [0.29, 0.717) is 15.6 Å². The molecule has 0 aliphatic rings. The number of rotatable bonds is 3. The summed E-state index contributed by atoms with van der Waals surface area (Å²) in [5.74, 6) is 0. The molecular formula is C10H10Cl2N4O. The third kappa shape index (κ3) is 2.76. The minimum Gasteiger partial charge on any atom is -0.370 e. The molecule has 2 aromatic rings. The van der Waals surface area contributed by atoms with Crippen LogP contribution in [-0.4, -0.2) is 19.9 Å². The van der Waals surface area contributed by atoms with Crippen LogP contribution in [0.5, 0.6) is 0 Å². The van der Waals surface area contributed by atoms with Crippen molar-refractivity contribution in [1.82, 2.24) is 14.8 Å². The Kier molecular flexibility index (Phi) is 3.35. The molecule has 1 aromatic heterocycles. The largest absolute Gasteiger partial charge is 0.370 e. The molecule has 0 saturated heterocycles. The quantitative estimate of drug-likeness (QED) is 0.828. The summed E-state index contributed by atoms with van der Waals surface area (Å²) in [5.41, 5.74) is 4.58. The number of hydrogen-bond donors (Lipinski definition) is 2. The Hall–Kier alpha value is -1.14. The van der Waals surface area contributed by atoms with Crippen molar-refractivity contribution >= 4 is 23.2 Å². The number of aliphatic hydroxyl groups is 1. The third-order valence-electron chi connectivity index (χ3n) is 2.27. The zero-order valence-electron chi connectivity index (χ0n) is 8.72. The van der Waals surface area contributed by atoms with Gasteiger partial charge in [0, 0.05) is 15.6 Å². The van der Waals surface area contributed by atoms with Crippen molar-refractivity contribution in [3.8, 4) is 0 Å². The van der Waals surface area contributed by atoms with Crippen LogP contribution in [0.3, 0.4) is 0 Å². The number of benzene rings is 1. The normalized spacial score (nSPS) is 14.6. The average molecular weight is 273 g/mol. The first-order valence-electron chi connectivity index (χ1n) is 4.78. The van der Waals surface area contributed by atoms with E-state index < -0.39 is 5.72 Å². The molecule has 0 amide bonds. The van der Waals surface area contributed by atoms with Crippen molar-refractivity contribution in [2.75, 3.05) is 0 Å². The minimum atomic E-state index is -1.63. The lowest BCUT2D eigenvalue weighted by Gasteiger charge is -2.24. The number of hydrogen-bond acceptors (Lipinski definition) is 4. The van der Waals surface area contributed by atoms with Gasteiger partial charge in [-0.3, -0.25) is 5.73 Å². The second kappa shape index (κ2) is 4.62. The molecule has 1 aromatic carbocycles. The van der Waals surface area contributed by atoms with Gasteiger partial charge in [0.15, 0.2) is 5.72 Å². The van der Waals surface area contributed by atoms with E-state index in [-0.39, 0.29) is 6.54 Å². The van der Waals surface area contributed by atoms with Crippen molar-refractivity contribution < 1.29 is 5.11 Å². The van der Waals surface area contributed by atoms with E-state index in [9.17, 15) is 5.11 Å². The lowest BCUT2D eigenvalue weighted by molar-refractivity contribution is 0.0215. The van der Waals surface area contributed by atoms with Gasteiger partial charge < -0.3 is 5.11 Å². The highest BCUT2D eigenvalue weighted by Crippen LogP contribution is 2.28. The minimum absolute atomic E-state index is 0.0500. The van der Waals surface area contributed by atoms with E-state index in [2.05, 4.69) is 10.1 Å². The molecule has 1 unspecified atom stereocenters. The molecule has 0 bridgehead atoms. The molecule has 0 saturated carbocycles. The molecular weight excluding hydrogens is 263 g/mol. The molecule has 3 N–H and O–H groups in total. The summed E-state index contributed by atoms with van der Waals surface area (Å²) in [6, 6.07) is 4.72. The van der Waals surface area contributed by atoms with E-state index in [4.69, 9.17) is 28.9 Å². The number of nitrogens with two attached hydrogens (primary N) is 1. The van der Waals surface area contributed by atoms with Crippen molar-refractivity contribution in [3.05, 3.63) is 46.5 Å². The zero-order valence-corrected chi connectivity index (χ0v) is 10.2. The fraction of sp³-hybridized carbons (Fsp3) is 0.200. The lowest BCUT2D eigenvalue weighted by atomic mass is 10.0. The molecule has 5 nitrogen and oxygen atoms in total. The van der Waals surface area contributed by atoms with Crippen LogP contribution in [0, 0.1) is 0 Å². The SMILES string of the molecule is NC(O)(Cn1cncn1)c1ccc(Cl)cc1Cl. The molecule has 0 spiro atoms. The van der Waals surface area contributed by atoms with Crippen LogP contribution in [0.1, 0.15) is 5.56 Å². The fourth-order valence-corrected chi connectivity index (χ4v) is 2.06. The van der Waals surface area contributed by atoms with Gasteiger partial charge in [-0.25, -0.2) is 9.67 Å². The van der Waals surface area contributed by atoms with Gasteiger partial charge in [-0.15, -0.1) is 0 Å². The molecule has 2 rings (SSSR count). The van der Waals surface area contributed by atoms with Crippen LogP contribution in [0.2, 0.25) is 10.0 Å². The smallest absolute Gasteiger partial charge is 0.160 e. The Bertz CT molecular complexity index is 513. The molecule has 1 heterocycles. The highest BCUT2D eigenvalue weighted by atomic mass is 35.5. The molecule has 90 valence electrons. The third-order valence-corrected chi connectivity index (χ3v) is 2.81. The predicted octanol–water partition coefficient (Wildman–Crippen LogP) is 1.39. The van der Waals surface area contributed by atoms with Crippen molar-refractivity contribution in [2.24, 2.45) is 5.73 Å². The van der Waals surface area contributed by atoms with E-state index >= 15 is 0 Å². The van der Waals surface area contributed by atoms with Crippen LogP contribution in [-0.2, 0) is 12.3 Å². The van der Waals surface area contributed by atoms with E-state index in [1.165, 1.54) is 23.4 Å². The van der Waals surface area contributed by atoms with Crippen LogP contribution in [0.4, 0.5) is 0 Å². The number of halogens is 2. The fourth-order valence-electron chi connectivity index (χ4n) is 1.49. The maximum atomic E-state index is 10.2. The van der Waals surface area contributed by atoms with Gasteiger partial charge in [-0.05, 0) is 12.1 Å². The first-order valence-corrected chi connectivity index (χ1v) is 5.54. The Balaban J connectivity index is 2.30. The lowest BCUT2D eigenvalue weighted by Crippen LogP contribution is -2.41. The van der Waals surface area contributed by atoms with Crippen LogP contribution >= 0.6 is 23.2 Å². The molecule has 0 aliphatic carbocycles. The topological polar surface area (TPSA) is 77.0 Å². The Labute approximate surface area is 108 Å². The molecule has 1 atom stereocenters. The maximum absolute atomic E-state index is 10.2. The second-order valence-electron chi connectivity index (χ2n) is 3.64. The van der Waals surface area contributed by atoms with Crippen LogP contribution in [0.25, 0.3) is 0 Å². The number of nitrogens with zero attached hydrogens (tertiary/aromatic N) is 3. The van der Waals surface area contributed by atoms with Crippen molar-refractivity contribution in [1.29, 1.82) is 0 Å². The van der Waals surface area contributed by atoms with Gasteiger partial charge in [0.1, 0.15) is 12.7 Å². The van der Waals surface area contributed by atoms with Gasteiger partial charge in [-0.2, -0.15) is 5.10 Å². The monoisotopic (exact) mass is 272 g/mol. The molecule has 17 heavy (non-hydrogen) atoms. The van der Waals surface area contributed by atoms with Gasteiger partial charge in [0.25, 0.3) is 0 Å². The summed E-state index contributed by atoms with van der Waals surface area (Å²) in [5, 5.41) is 14.9. The number of aromatic nitrogens is 3.